The fourth-order valence-corrected chi connectivity index (χ4v) is 2.13. The summed E-state index contributed by atoms with van der Waals surface area (Å²) in [6.45, 7) is 4.22. The number of nitrogens with two attached hydrogens (primary N) is 1. The minimum Gasteiger partial charge on any atom is -0.491 e. The highest BCUT2D eigenvalue weighted by Crippen LogP contribution is 2.23. The van der Waals surface area contributed by atoms with Crippen molar-refractivity contribution in [3.05, 3.63) is 29.8 Å². The van der Waals surface area contributed by atoms with Crippen LogP contribution in [0.2, 0.25) is 0 Å². The molecule has 1 unspecified atom stereocenters. The van der Waals surface area contributed by atoms with E-state index in [2.05, 4.69) is 24.4 Å². The predicted molar refractivity (Wildman–Crippen MR) is 79.7 cm³/mol. The van der Waals surface area contributed by atoms with Crippen LogP contribution in [-0.4, -0.2) is 24.1 Å². The molecule has 0 bridgehead atoms. The topological polar surface area (TPSA) is 64.3 Å². The molecule has 1 aromatic rings. The summed E-state index contributed by atoms with van der Waals surface area (Å²) >= 11 is 0. The molecule has 110 valence electrons. The van der Waals surface area contributed by atoms with Crippen molar-refractivity contribution in [1.82, 2.24) is 5.32 Å². The first-order chi connectivity index (χ1) is 9.53. The molecule has 0 spiro atoms. The summed E-state index contributed by atoms with van der Waals surface area (Å²) in [6, 6.07) is 8.43. The predicted octanol–water partition coefficient (Wildman–Crippen LogP) is 2.01. The summed E-state index contributed by atoms with van der Waals surface area (Å²) in [5.41, 5.74) is 5.99. The van der Waals surface area contributed by atoms with Crippen LogP contribution in [0.1, 0.15) is 38.7 Å². The fourth-order valence-electron chi connectivity index (χ4n) is 2.13. The van der Waals surface area contributed by atoms with Crippen LogP contribution in [0.25, 0.3) is 0 Å². The van der Waals surface area contributed by atoms with Gasteiger partial charge in [-0.05, 0) is 43.9 Å². The molecular formula is C16H24N2O2. The summed E-state index contributed by atoms with van der Waals surface area (Å²) in [5.74, 6) is 0.405. The maximum absolute atomic E-state index is 11.6. The van der Waals surface area contributed by atoms with Gasteiger partial charge in [-0.2, -0.15) is 0 Å². The van der Waals surface area contributed by atoms with Crippen LogP contribution in [0, 0.1) is 0 Å². The second-order valence-corrected chi connectivity index (χ2v) is 5.80. The third kappa shape index (κ3) is 3.97. The van der Waals surface area contributed by atoms with Crippen LogP contribution in [0.4, 0.5) is 0 Å². The number of rotatable bonds is 8. The fraction of sp³-hybridized carbons (Fsp3) is 0.562. The van der Waals surface area contributed by atoms with Crippen LogP contribution in [0.3, 0.4) is 0 Å². The van der Waals surface area contributed by atoms with Gasteiger partial charge >= 0.3 is 0 Å². The van der Waals surface area contributed by atoms with E-state index in [0.29, 0.717) is 6.04 Å². The third-order valence-electron chi connectivity index (χ3n) is 3.63. The van der Waals surface area contributed by atoms with Gasteiger partial charge in [0.2, 0.25) is 5.91 Å². The Bertz CT molecular complexity index is 454. The Hall–Kier alpha value is -1.55. The normalized spacial score (nSPS) is 17.5. The number of hydrogen-bond acceptors (Lipinski definition) is 3. The average molecular weight is 276 g/mol. The molecule has 0 heterocycles. The smallest absolute Gasteiger partial charge is 0.240 e. The summed E-state index contributed by atoms with van der Waals surface area (Å²) in [4.78, 5) is 11.6. The van der Waals surface area contributed by atoms with Crippen molar-refractivity contribution in [2.75, 3.05) is 6.61 Å². The molecule has 1 aromatic carbocycles. The van der Waals surface area contributed by atoms with E-state index in [-0.39, 0.29) is 12.5 Å². The highest BCUT2D eigenvalue weighted by molar-refractivity contribution is 5.84. The van der Waals surface area contributed by atoms with Gasteiger partial charge in [-0.3, -0.25) is 10.1 Å². The Morgan fingerprint density at radius 2 is 2.05 bits per heavy atom. The number of ether oxygens (including phenoxy) is 1. The van der Waals surface area contributed by atoms with Gasteiger partial charge in [0, 0.05) is 6.04 Å². The Balaban J connectivity index is 1.92. The largest absolute Gasteiger partial charge is 0.491 e. The van der Waals surface area contributed by atoms with Gasteiger partial charge in [0.15, 0.2) is 0 Å². The lowest BCUT2D eigenvalue weighted by Gasteiger charge is -2.27. The van der Waals surface area contributed by atoms with Crippen molar-refractivity contribution in [2.24, 2.45) is 5.73 Å². The standard InChI is InChI=1S/C16H24N2O2/c1-3-4-12-5-9-14(10-6-12)20-11-16(2,15(17)19)18-13-7-8-13/h5-6,9-10,13,18H,3-4,7-8,11H2,1-2H3,(H2,17,19). The van der Waals surface area contributed by atoms with E-state index in [4.69, 9.17) is 10.5 Å². The molecule has 1 amide bonds. The summed E-state index contributed by atoms with van der Waals surface area (Å²) in [7, 11) is 0. The number of aryl methyl sites for hydroxylation is 1. The van der Waals surface area contributed by atoms with Gasteiger partial charge in [0.05, 0.1) is 0 Å². The minimum atomic E-state index is -0.802. The van der Waals surface area contributed by atoms with Crippen LogP contribution in [0.5, 0.6) is 5.75 Å². The zero-order valence-corrected chi connectivity index (χ0v) is 12.3. The first-order valence-electron chi connectivity index (χ1n) is 7.33. The summed E-state index contributed by atoms with van der Waals surface area (Å²) < 4.78 is 5.73. The highest BCUT2D eigenvalue weighted by atomic mass is 16.5. The van der Waals surface area contributed by atoms with Gasteiger partial charge < -0.3 is 10.5 Å². The molecule has 4 heteroatoms. The zero-order valence-electron chi connectivity index (χ0n) is 12.3. The molecule has 20 heavy (non-hydrogen) atoms. The number of primary amides is 1. The molecule has 0 aliphatic heterocycles. The van der Waals surface area contributed by atoms with Crippen molar-refractivity contribution in [2.45, 2.75) is 51.1 Å². The molecule has 4 nitrogen and oxygen atoms in total. The Morgan fingerprint density at radius 1 is 1.40 bits per heavy atom. The van der Waals surface area contributed by atoms with E-state index in [1.54, 1.807) is 6.92 Å². The minimum absolute atomic E-state index is 0.256. The van der Waals surface area contributed by atoms with Crippen molar-refractivity contribution in [3.8, 4) is 5.75 Å². The van der Waals surface area contributed by atoms with Crippen LogP contribution < -0.4 is 15.8 Å². The molecule has 0 radical (unpaired) electrons. The number of carbonyl (C=O) groups is 1. The Kier molecular flexibility index (Phi) is 4.65. The molecule has 1 aliphatic rings. The summed E-state index contributed by atoms with van der Waals surface area (Å²) in [6.07, 6.45) is 4.41. The molecule has 3 N–H and O–H groups in total. The molecule has 1 atom stereocenters. The molecule has 1 saturated carbocycles. The number of carbonyl (C=O) groups excluding carboxylic acids is 1. The quantitative estimate of drug-likeness (QED) is 0.763. The van der Waals surface area contributed by atoms with E-state index in [1.807, 2.05) is 12.1 Å². The number of hydrogen-bond donors (Lipinski definition) is 2. The van der Waals surface area contributed by atoms with Gasteiger partial charge in [-0.25, -0.2) is 0 Å². The van der Waals surface area contributed by atoms with Crippen molar-refractivity contribution in [3.63, 3.8) is 0 Å². The molecule has 2 rings (SSSR count). The lowest BCUT2D eigenvalue weighted by molar-refractivity contribution is -0.125. The molecule has 1 fully saturated rings. The van der Waals surface area contributed by atoms with E-state index in [1.165, 1.54) is 5.56 Å². The van der Waals surface area contributed by atoms with Crippen molar-refractivity contribution >= 4 is 5.91 Å². The summed E-state index contributed by atoms with van der Waals surface area (Å²) in [5, 5.41) is 3.27. The first-order valence-corrected chi connectivity index (χ1v) is 7.33. The van der Waals surface area contributed by atoms with Crippen molar-refractivity contribution in [1.29, 1.82) is 0 Å². The lowest BCUT2D eigenvalue weighted by Crippen LogP contribution is -2.57. The number of amides is 1. The van der Waals surface area contributed by atoms with Crippen molar-refractivity contribution < 1.29 is 9.53 Å². The lowest BCUT2D eigenvalue weighted by atomic mass is 10.0. The average Bonchev–Trinajstić information content (AvgIpc) is 3.22. The van der Waals surface area contributed by atoms with E-state index < -0.39 is 5.54 Å². The van der Waals surface area contributed by atoms with Gasteiger partial charge in [0.25, 0.3) is 0 Å². The third-order valence-corrected chi connectivity index (χ3v) is 3.63. The van der Waals surface area contributed by atoms with Crippen LogP contribution in [0.15, 0.2) is 24.3 Å². The van der Waals surface area contributed by atoms with Gasteiger partial charge in [-0.15, -0.1) is 0 Å². The maximum Gasteiger partial charge on any atom is 0.240 e. The SMILES string of the molecule is CCCc1ccc(OCC(C)(NC2CC2)C(N)=O)cc1. The molecule has 1 aliphatic carbocycles. The molecule has 0 saturated heterocycles. The van der Waals surface area contributed by atoms with Gasteiger partial charge in [-0.1, -0.05) is 25.5 Å². The molecule has 0 aromatic heterocycles. The van der Waals surface area contributed by atoms with E-state index in [0.717, 1.165) is 31.4 Å². The molecular weight excluding hydrogens is 252 g/mol. The Morgan fingerprint density at radius 3 is 2.55 bits per heavy atom. The van der Waals surface area contributed by atoms with Crippen LogP contribution >= 0.6 is 0 Å². The first kappa shape index (κ1) is 14.9. The second-order valence-electron chi connectivity index (χ2n) is 5.80. The zero-order chi connectivity index (χ0) is 14.6. The monoisotopic (exact) mass is 276 g/mol. The number of nitrogens with one attached hydrogen (secondary N) is 1. The second kappa shape index (κ2) is 6.27. The van der Waals surface area contributed by atoms with Crippen LogP contribution in [-0.2, 0) is 11.2 Å². The highest BCUT2D eigenvalue weighted by Gasteiger charge is 2.37. The Labute approximate surface area is 120 Å². The van der Waals surface area contributed by atoms with E-state index in [9.17, 15) is 4.79 Å². The van der Waals surface area contributed by atoms with E-state index >= 15 is 0 Å². The van der Waals surface area contributed by atoms with Gasteiger partial charge in [0.1, 0.15) is 17.9 Å². The maximum atomic E-state index is 11.6. The number of benzene rings is 1.